The minimum absolute atomic E-state index is 0.105. The predicted octanol–water partition coefficient (Wildman–Crippen LogP) is 4.20. The van der Waals surface area contributed by atoms with Gasteiger partial charge in [0.25, 0.3) is 11.4 Å². The van der Waals surface area contributed by atoms with Crippen LogP contribution in [0.25, 0.3) is 33.7 Å². The monoisotopic (exact) mass is 379 g/mol. The van der Waals surface area contributed by atoms with E-state index in [2.05, 4.69) is 10.1 Å². The Labute approximate surface area is 159 Å². The maximum absolute atomic E-state index is 13.7. The van der Waals surface area contributed by atoms with Gasteiger partial charge in [-0.3, -0.25) is 4.79 Å². The van der Waals surface area contributed by atoms with Gasteiger partial charge in [0.1, 0.15) is 17.1 Å². The van der Waals surface area contributed by atoms with Crippen molar-refractivity contribution in [3.05, 3.63) is 63.7 Å². The van der Waals surface area contributed by atoms with Crippen molar-refractivity contribution < 1.29 is 14.0 Å². The first kappa shape index (κ1) is 17.9. The Bertz CT molecular complexity index is 1270. The molecule has 0 fully saturated rings. The van der Waals surface area contributed by atoms with Gasteiger partial charge in [0.15, 0.2) is 0 Å². The second-order valence-electron chi connectivity index (χ2n) is 6.68. The van der Waals surface area contributed by atoms with Crippen LogP contribution in [-0.2, 0) is 6.54 Å². The van der Waals surface area contributed by atoms with E-state index in [0.29, 0.717) is 17.9 Å². The third-order valence-electron chi connectivity index (χ3n) is 4.79. The minimum atomic E-state index is -0.517. The molecule has 0 amide bonds. The van der Waals surface area contributed by atoms with Gasteiger partial charge in [0.05, 0.1) is 5.52 Å². The highest BCUT2D eigenvalue weighted by molar-refractivity contribution is 5.91. The zero-order valence-corrected chi connectivity index (χ0v) is 15.7. The fourth-order valence-corrected chi connectivity index (χ4v) is 3.33. The summed E-state index contributed by atoms with van der Waals surface area (Å²) in [6, 6.07) is 9.74. The summed E-state index contributed by atoms with van der Waals surface area (Å²) < 4.78 is 20.5. The first-order valence-electron chi connectivity index (χ1n) is 8.87. The Balaban J connectivity index is 1.97. The van der Waals surface area contributed by atoms with Crippen LogP contribution >= 0.6 is 0 Å². The average Bonchev–Trinajstić information content (AvgIpc) is 3.14. The summed E-state index contributed by atoms with van der Waals surface area (Å²) in [6.45, 7) is 6.01. The molecule has 0 bridgehead atoms. The van der Waals surface area contributed by atoms with E-state index in [1.807, 2.05) is 32.0 Å². The number of pyridine rings is 1. The lowest BCUT2D eigenvalue weighted by atomic mass is 10.1. The van der Waals surface area contributed by atoms with Gasteiger partial charge in [-0.15, -0.1) is 0 Å². The van der Waals surface area contributed by atoms with Gasteiger partial charge >= 0.3 is 0 Å². The van der Waals surface area contributed by atoms with Crippen LogP contribution in [0.1, 0.15) is 18.1 Å². The molecule has 4 rings (SSSR count). The van der Waals surface area contributed by atoms with Crippen LogP contribution in [0.4, 0.5) is 4.39 Å². The summed E-state index contributed by atoms with van der Waals surface area (Å²) in [6.07, 6.45) is 0. The van der Waals surface area contributed by atoms with E-state index in [1.165, 1.54) is 22.8 Å². The van der Waals surface area contributed by atoms with Crippen LogP contribution in [0.2, 0.25) is 0 Å². The fraction of sp³-hybridized carbons (Fsp3) is 0.190. The number of aryl methyl sites for hydroxylation is 3. The minimum Gasteiger partial charge on any atom is -0.506 e. The van der Waals surface area contributed by atoms with Crippen LogP contribution in [-0.4, -0.2) is 19.8 Å². The van der Waals surface area contributed by atoms with Gasteiger partial charge in [0.2, 0.25) is 5.82 Å². The molecule has 0 radical (unpaired) electrons. The van der Waals surface area contributed by atoms with E-state index >= 15 is 0 Å². The largest absolute Gasteiger partial charge is 0.506 e. The smallest absolute Gasteiger partial charge is 0.267 e. The maximum Gasteiger partial charge on any atom is 0.267 e. The summed E-state index contributed by atoms with van der Waals surface area (Å²) in [7, 11) is 0. The Morgan fingerprint density at radius 1 is 1.18 bits per heavy atom. The molecule has 6 nitrogen and oxygen atoms in total. The summed E-state index contributed by atoms with van der Waals surface area (Å²) in [5.41, 5.74) is 2.58. The predicted molar refractivity (Wildman–Crippen MR) is 104 cm³/mol. The molecular formula is C21H18FN3O3. The quantitative estimate of drug-likeness (QED) is 0.577. The molecule has 0 saturated carbocycles. The molecule has 2 aromatic carbocycles. The molecule has 28 heavy (non-hydrogen) atoms. The average molecular weight is 379 g/mol. The molecule has 7 heteroatoms. The first-order valence-corrected chi connectivity index (χ1v) is 8.87. The molecule has 0 saturated heterocycles. The van der Waals surface area contributed by atoms with E-state index < -0.39 is 11.4 Å². The van der Waals surface area contributed by atoms with Crippen molar-refractivity contribution in [3.63, 3.8) is 0 Å². The van der Waals surface area contributed by atoms with Gasteiger partial charge in [-0.25, -0.2) is 4.39 Å². The molecule has 4 aromatic rings. The molecule has 0 unspecified atom stereocenters. The molecule has 0 atom stereocenters. The van der Waals surface area contributed by atoms with Crippen molar-refractivity contribution in [1.29, 1.82) is 0 Å². The van der Waals surface area contributed by atoms with E-state index in [-0.39, 0.29) is 22.6 Å². The lowest BCUT2D eigenvalue weighted by Gasteiger charge is -2.11. The van der Waals surface area contributed by atoms with Crippen molar-refractivity contribution in [3.8, 4) is 28.6 Å². The Morgan fingerprint density at radius 2 is 1.96 bits per heavy atom. The van der Waals surface area contributed by atoms with E-state index in [9.17, 15) is 14.3 Å². The number of aromatic nitrogens is 3. The Hall–Kier alpha value is -3.48. The number of rotatable bonds is 3. The van der Waals surface area contributed by atoms with E-state index in [1.54, 1.807) is 6.92 Å². The zero-order chi connectivity index (χ0) is 20.0. The lowest BCUT2D eigenvalue weighted by Crippen LogP contribution is -2.21. The highest BCUT2D eigenvalue weighted by Gasteiger charge is 2.23. The van der Waals surface area contributed by atoms with Crippen LogP contribution in [0.5, 0.6) is 5.75 Å². The molecule has 0 aliphatic heterocycles. The van der Waals surface area contributed by atoms with Crippen molar-refractivity contribution in [1.82, 2.24) is 14.7 Å². The number of aromatic hydroxyl groups is 1. The SMILES string of the molecule is CCn1c(=O)c(-c2nc(-c3cc(C)ccc3C)no2)c(O)c2cc(F)ccc21. The van der Waals surface area contributed by atoms with Crippen LogP contribution < -0.4 is 5.56 Å². The highest BCUT2D eigenvalue weighted by Crippen LogP contribution is 2.34. The highest BCUT2D eigenvalue weighted by atomic mass is 19.1. The first-order chi connectivity index (χ1) is 13.4. The standard InChI is InChI=1S/C21H18FN3O3/c1-4-25-16-8-7-13(22)10-15(16)18(26)17(21(25)27)20-23-19(24-28-20)14-9-11(2)5-6-12(14)3/h5-10,26H,4H2,1-3H3. The van der Waals surface area contributed by atoms with E-state index in [4.69, 9.17) is 4.52 Å². The number of halogens is 1. The summed E-state index contributed by atoms with van der Waals surface area (Å²) in [5.74, 6) is -0.679. The Morgan fingerprint density at radius 3 is 2.71 bits per heavy atom. The zero-order valence-electron chi connectivity index (χ0n) is 15.7. The van der Waals surface area contributed by atoms with Gasteiger partial charge in [-0.1, -0.05) is 22.9 Å². The molecule has 142 valence electrons. The van der Waals surface area contributed by atoms with Crippen molar-refractivity contribution in [2.24, 2.45) is 0 Å². The van der Waals surface area contributed by atoms with Crippen molar-refractivity contribution in [2.75, 3.05) is 0 Å². The maximum atomic E-state index is 13.7. The Kier molecular flexibility index (Phi) is 4.22. The van der Waals surface area contributed by atoms with Crippen LogP contribution in [0.3, 0.4) is 0 Å². The van der Waals surface area contributed by atoms with Gasteiger partial charge in [-0.2, -0.15) is 4.98 Å². The van der Waals surface area contributed by atoms with Gasteiger partial charge in [-0.05, 0) is 50.6 Å². The molecule has 2 aromatic heterocycles. The number of hydrogen-bond donors (Lipinski definition) is 1. The molecule has 0 spiro atoms. The molecule has 2 heterocycles. The normalized spacial score (nSPS) is 11.3. The van der Waals surface area contributed by atoms with Gasteiger partial charge in [0, 0.05) is 17.5 Å². The number of benzene rings is 2. The molecule has 0 aliphatic rings. The number of fused-ring (bicyclic) bond motifs is 1. The van der Waals surface area contributed by atoms with Crippen LogP contribution in [0.15, 0.2) is 45.7 Å². The van der Waals surface area contributed by atoms with E-state index in [0.717, 1.165) is 16.7 Å². The molecule has 1 N–H and O–H groups in total. The summed E-state index contributed by atoms with van der Waals surface area (Å²) in [4.78, 5) is 17.3. The van der Waals surface area contributed by atoms with Gasteiger partial charge < -0.3 is 14.2 Å². The number of nitrogens with zero attached hydrogens (tertiary/aromatic N) is 3. The second kappa shape index (κ2) is 6.60. The lowest BCUT2D eigenvalue weighted by molar-refractivity contribution is 0.425. The summed E-state index contributed by atoms with van der Waals surface area (Å²) >= 11 is 0. The topological polar surface area (TPSA) is 81.2 Å². The van der Waals surface area contributed by atoms with Crippen molar-refractivity contribution >= 4 is 10.9 Å². The van der Waals surface area contributed by atoms with Crippen LogP contribution in [0, 0.1) is 19.7 Å². The second-order valence-corrected chi connectivity index (χ2v) is 6.68. The molecule has 0 aliphatic carbocycles. The summed E-state index contributed by atoms with van der Waals surface area (Å²) in [5, 5.41) is 14.9. The third kappa shape index (κ3) is 2.76. The fourth-order valence-electron chi connectivity index (χ4n) is 3.33. The van der Waals surface area contributed by atoms with Crippen molar-refractivity contribution in [2.45, 2.75) is 27.3 Å². The third-order valence-corrected chi connectivity index (χ3v) is 4.79. The number of hydrogen-bond acceptors (Lipinski definition) is 5. The molecular weight excluding hydrogens is 361 g/mol.